The second-order valence-corrected chi connectivity index (χ2v) is 4.40. The van der Waals surface area contributed by atoms with Crippen molar-refractivity contribution in [2.45, 2.75) is 60.0 Å². The highest BCUT2D eigenvalue weighted by atomic mass is 15.3. The van der Waals surface area contributed by atoms with Crippen molar-refractivity contribution < 1.29 is 0 Å². The van der Waals surface area contributed by atoms with Crippen LogP contribution in [0.25, 0.3) is 0 Å². The van der Waals surface area contributed by atoms with E-state index in [0.717, 1.165) is 26.1 Å². The summed E-state index contributed by atoms with van der Waals surface area (Å²) < 4.78 is 2.13. The smallest absolute Gasteiger partial charge is 0.0641 e. The van der Waals surface area contributed by atoms with Crippen LogP contribution in [0.1, 0.15) is 50.1 Å². The summed E-state index contributed by atoms with van der Waals surface area (Å²) in [5, 5.41) is 8.06. The SMILES string of the molecule is CCCCNCc1c(C)nn(CCC)c1C. The van der Waals surface area contributed by atoms with Gasteiger partial charge in [-0.05, 0) is 33.2 Å². The van der Waals surface area contributed by atoms with Gasteiger partial charge in [-0.15, -0.1) is 0 Å². The molecule has 1 heterocycles. The zero-order valence-electron chi connectivity index (χ0n) is 11.1. The monoisotopic (exact) mass is 223 g/mol. The lowest BCUT2D eigenvalue weighted by Gasteiger charge is -2.05. The Labute approximate surface area is 99.2 Å². The Bertz CT molecular complexity index is 315. The molecule has 16 heavy (non-hydrogen) atoms. The standard InChI is InChI=1S/C13H25N3/c1-5-7-8-14-10-13-11(3)15-16(9-6-2)12(13)4/h14H,5-10H2,1-4H3. The molecule has 0 unspecified atom stereocenters. The molecule has 0 saturated carbocycles. The Morgan fingerprint density at radius 2 is 1.94 bits per heavy atom. The van der Waals surface area contributed by atoms with E-state index in [-0.39, 0.29) is 0 Å². The molecule has 1 aromatic rings. The molecular weight excluding hydrogens is 198 g/mol. The molecule has 1 rings (SSSR count). The third-order valence-electron chi connectivity index (χ3n) is 2.98. The molecule has 92 valence electrons. The van der Waals surface area contributed by atoms with Crippen LogP contribution < -0.4 is 5.32 Å². The Morgan fingerprint density at radius 3 is 2.56 bits per heavy atom. The molecule has 0 fully saturated rings. The van der Waals surface area contributed by atoms with Gasteiger partial charge in [-0.2, -0.15) is 5.10 Å². The van der Waals surface area contributed by atoms with Crippen molar-refractivity contribution in [2.24, 2.45) is 0 Å². The van der Waals surface area contributed by atoms with E-state index in [2.05, 4.69) is 42.8 Å². The minimum Gasteiger partial charge on any atom is -0.313 e. The van der Waals surface area contributed by atoms with E-state index in [9.17, 15) is 0 Å². The lowest BCUT2D eigenvalue weighted by molar-refractivity contribution is 0.581. The summed E-state index contributed by atoms with van der Waals surface area (Å²) in [6.45, 7) is 11.8. The quantitative estimate of drug-likeness (QED) is 0.720. The molecule has 1 aromatic heterocycles. The van der Waals surface area contributed by atoms with Gasteiger partial charge in [0.25, 0.3) is 0 Å². The molecule has 3 nitrogen and oxygen atoms in total. The zero-order chi connectivity index (χ0) is 12.0. The first kappa shape index (κ1) is 13.2. The maximum absolute atomic E-state index is 4.58. The largest absolute Gasteiger partial charge is 0.313 e. The molecule has 0 spiro atoms. The normalized spacial score (nSPS) is 11.0. The molecule has 0 atom stereocenters. The number of unbranched alkanes of at least 4 members (excludes halogenated alkanes) is 1. The zero-order valence-corrected chi connectivity index (χ0v) is 11.1. The summed E-state index contributed by atoms with van der Waals surface area (Å²) >= 11 is 0. The molecule has 0 radical (unpaired) electrons. The van der Waals surface area contributed by atoms with Crippen molar-refractivity contribution >= 4 is 0 Å². The van der Waals surface area contributed by atoms with Crippen LogP contribution in [0.3, 0.4) is 0 Å². The predicted octanol–water partition coefficient (Wildman–Crippen LogP) is 2.80. The minimum atomic E-state index is 0.960. The highest BCUT2D eigenvalue weighted by Gasteiger charge is 2.09. The second kappa shape index (κ2) is 6.69. The van der Waals surface area contributed by atoms with Crippen molar-refractivity contribution in [3.05, 3.63) is 17.0 Å². The molecule has 0 saturated heterocycles. The fourth-order valence-corrected chi connectivity index (χ4v) is 1.93. The average Bonchev–Trinajstić information content (AvgIpc) is 2.52. The topological polar surface area (TPSA) is 29.9 Å². The second-order valence-electron chi connectivity index (χ2n) is 4.40. The third-order valence-corrected chi connectivity index (χ3v) is 2.98. The molecule has 0 bridgehead atoms. The van der Waals surface area contributed by atoms with Crippen LogP contribution in [0, 0.1) is 13.8 Å². The van der Waals surface area contributed by atoms with Crippen LogP contribution in [0.2, 0.25) is 0 Å². The molecule has 0 aliphatic rings. The Kier molecular flexibility index (Phi) is 5.53. The van der Waals surface area contributed by atoms with Crippen molar-refractivity contribution in [3.8, 4) is 0 Å². The molecule has 0 aromatic carbocycles. The summed E-state index contributed by atoms with van der Waals surface area (Å²) in [6.07, 6.45) is 3.64. The molecule has 1 N–H and O–H groups in total. The first-order chi connectivity index (χ1) is 7.70. The Balaban J connectivity index is 2.57. The summed E-state index contributed by atoms with van der Waals surface area (Å²) in [6, 6.07) is 0. The number of hydrogen-bond donors (Lipinski definition) is 1. The van der Waals surface area contributed by atoms with Gasteiger partial charge in [0, 0.05) is 24.3 Å². The van der Waals surface area contributed by atoms with E-state index in [1.807, 2.05) is 0 Å². The summed E-state index contributed by atoms with van der Waals surface area (Å²) in [5.41, 5.74) is 3.88. The van der Waals surface area contributed by atoms with Gasteiger partial charge in [-0.25, -0.2) is 0 Å². The number of hydrogen-bond acceptors (Lipinski definition) is 2. The van der Waals surface area contributed by atoms with Crippen molar-refractivity contribution in [1.82, 2.24) is 15.1 Å². The Hall–Kier alpha value is -0.830. The van der Waals surface area contributed by atoms with E-state index in [0.29, 0.717) is 0 Å². The van der Waals surface area contributed by atoms with Crippen LogP contribution in [0.4, 0.5) is 0 Å². The van der Waals surface area contributed by atoms with E-state index in [1.54, 1.807) is 0 Å². The molecule has 0 amide bonds. The van der Waals surface area contributed by atoms with Gasteiger partial charge in [0.15, 0.2) is 0 Å². The number of aryl methyl sites for hydroxylation is 2. The van der Waals surface area contributed by atoms with E-state index in [1.165, 1.54) is 29.8 Å². The first-order valence-corrected chi connectivity index (χ1v) is 6.44. The van der Waals surface area contributed by atoms with Crippen molar-refractivity contribution in [1.29, 1.82) is 0 Å². The minimum absolute atomic E-state index is 0.960. The molecule has 0 aliphatic carbocycles. The molecule has 3 heteroatoms. The van der Waals surface area contributed by atoms with Gasteiger partial charge in [-0.1, -0.05) is 20.3 Å². The molecular formula is C13H25N3. The van der Waals surface area contributed by atoms with Crippen molar-refractivity contribution in [2.75, 3.05) is 6.54 Å². The highest BCUT2D eigenvalue weighted by molar-refractivity contribution is 5.24. The number of nitrogens with zero attached hydrogens (tertiary/aromatic N) is 2. The number of rotatable bonds is 7. The van der Waals surface area contributed by atoms with E-state index in [4.69, 9.17) is 0 Å². The van der Waals surface area contributed by atoms with E-state index < -0.39 is 0 Å². The molecule has 0 aliphatic heterocycles. The van der Waals surface area contributed by atoms with Crippen molar-refractivity contribution in [3.63, 3.8) is 0 Å². The van der Waals surface area contributed by atoms with Gasteiger partial charge in [-0.3, -0.25) is 4.68 Å². The van der Waals surface area contributed by atoms with E-state index >= 15 is 0 Å². The third kappa shape index (κ3) is 3.34. The predicted molar refractivity (Wildman–Crippen MR) is 68.6 cm³/mol. The van der Waals surface area contributed by atoms with Gasteiger partial charge in [0.2, 0.25) is 0 Å². The number of nitrogens with one attached hydrogen (secondary N) is 1. The fraction of sp³-hybridized carbons (Fsp3) is 0.769. The van der Waals surface area contributed by atoms with Gasteiger partial charge < -0.3 is 5.32 Å². The van der Waals surface area contributed by atoms with Crippen LogP contribution in [0.5, 0.6) is 0 Å². The summed E-state index contributed by atoms with van der Waals surface area (Å²) in [5.74, 6) is 0. The van der Waals surface area contributed by atoms with Crippen LogP contribution in [-0.2, 0) is 13.1 Å². The van der Waals surface area contributed by atoms with Gasteiger partial charge in [0.05, 0.1) is 5.69 Å². The van der Waals surface area contributed by atoms with Crippen LogP contribution in [0.15, 0.2) is 0 Å². The van der Waals surface area contributed by atoms with Crippen LogP contribution in [-0.4, -0.2) is 16.3 Å². The highest BCUT2D eigenvalue weighted by Crippen LogP contribution is 2.13. The fourth-order valence-electron chi connectivity index (χ4n) is 1.93. The van der Waals surface area contributed by atoms with Crippen LogP contribution >= 0.6 is 0 Å². The number of aromatic nitrogens is 2. The maximum atomic E-state index is 4.58. The van der Waals surface area contributed by atoms with Gasteiger partial charge in [0.1, 0.15) is 0 Å². The lowest BCUT2D eigenvalue weighted by Crippen LogP contribution is -2.15. The average molecular weight is 223 g/mol. The first-order valence-electron chi connectivity index (χ1n) is 6.44. The Morgan fingerprint density at radius 1 is 1.19 bits per heavy atom. The lowest BCUT2D eigenvalue weighted by atomic mass is 10.2. The van der Waals surface area contributed by atoms with Gasteiger partial charge >= 0.3 is 0 Å². The maximum Gasteiger partial charge on any atom is 0.0641 e. The summed E-state index contributed by atoms with van der Waals surface area (Å²) in [7, 11) is 0. The summed E-state index contributed by atoms with van der Waals surface area (Å²) in [4.78, 5) is 0.